The lowest BCUT2D eigenvalue weighted by Gasteiger charge is -2.13. The number of halogens is 1. The molecule has 1 aliphatic heterocycles. The van der Waals surface area contributed by atoms with E-state index in [9.17, 15) is 9.50 Å². The summed E-state index contributed by atoms with van der Waals surface area (Å²) in [6, 6.07) is 3.05. The second-order valence-electron chi connectivity index (χ2n) is 3.61. The summed E-state index contributed by atoms with van der Waals surface area (Å²) in [6.07, 6.45) is 0.592. The SMILES string of the molecule is Cc1ccc(F)c2c1OCCCC2O. The number of aliphatic hydroxyl groups is 1. The predicted molar refractivity (Wildman–Crippen MR) is 50.8 cm³/mol. The highest BCUT2D eigenvalue weighted by Crippen LogP contribution is 2.35. The van der Waals surface area contributed by atoms with Crippen LogP contribution in [0.5, 0.6) is 5.75 Å². The molecule has 0 aliphatic carbocycles. The van der Waals surface area contributed by atoms with Crippen LogP contribution in [0.3, 0.4) is 0 Å². The van der Waals surface area contributed by atoms with Gasteiger partial charge in [0.2, 0.25) is 0 Å². The van der Waals surface area contributed by atoms with Crippen molar-refractivity contribution in [3.05, 3.63) is 29.1 Å². The van der Waals surface area contributed by atoms with E-state index in [0.717, 1.165) is 12.0 Å². The molecule has 0 aromatic heterocycles. The molecule has 2 rings (SSSR count). The van der Waals surface area contributed by atoms with E-state index in [1.54, 1.807) is 6.07 Å². The third-order valence-corrected chi connectivity index (χ3v) is 2.54. The van der Waals surface area contributed by atoms with E-state index in [0.29, 0.717) is 24.3 Å². The molecule has 1 heterocycles. The highest BCUT2D eigenvalue weighted by molar-refractivity contribution is 5.43. The topological polar surface area (TPSA) is 29.5 Å². The molecule has 0 saturated heterocycles. The van der Waals surface area contributed by atoms with E-state index < -0.39 is 6.10 Å². The normalized spacial score (nSPS) is 20.9. The van der Waals surface area contributed by atoms with E-state index in [1.807, 2.05) is 6.92 Å². The van der Waals surface area contributed by atoms with Crippen LogP contribution in [0, 0.1) is 12.7 Å². The zero-order valence-electron chi connectivity index (χ0n) is 8.09. The van der Waals surface area contributed by atoms with Gasteiger partial charge in [-0.05, 0) is 31.4 Å². The van der Waals surface area contributed by atoms with Crippen LogP contribution in [-0.2, 0) is 0 Å². The van der Waals surface area contributed by atoms with Gasteiger partial charge in [0.15, 0.2) is 0 Å². The van der Waals surface area contributed by atoms with Crippen molar-refractivity contribution < 1.29 is 14.2 Å². The second-order valence-corrected chi connectivity index (χ2v) is 3.61. The molecular formula is C11H13FO2. The fourth-order valence-electron chi connectivity index (χ4n) is 1.78. The van der Waals surface area contributed by atoms with Gasteiger partial charge in [-0.2, -0.15) is 0 Å². The van der Waals surface area contributed by atoms with Gasteiger partial charge in [0.1, 0.15) is 11.6 Å². The van der Waals surface area contributed by atoms with Crippen LogP contribution in [0.2, 0.25) is 0 Å². The molecule has 1 N–H and O–H groups in total. The molecule has 2 nitrogen and oxygen atoms in total. The Morgan fingerprint density at radius 1 is 1.50 bits per heavy atom. The molecule has 0 saturated carbocycles. The summed E-state index contributed by atoms with van der Waals surface area (Å²) < 4.78 is 18.9. The lowest BCUT2D eigenvalue weighted by Crippen LogP contribution is -2.01. The first-order valence-electron chi connectivity index (χ1n) is 4.80. The van der Waals surface area contributed by atoms with Crippen LogP contribution < -0.4 is 4.74 Å². The Morgan fingerprint density at radius 3 is 3.07 bits per heavy atom. The highest BCUT2D eigenvalue weighted by atomic mass is 19.1. The summed E-state index contributed by atoms with van der Waals surface area (Å²) >= 11 is 0. The Kier molecular flexibility index (Phi) is 2.42. The first-order chi connectivity index (χ1) is 6.70. The molecule has 1 unspecified atom stereocenters. The molecule has 0 radical (unpaired) electrons. The largest absolute Gasteiger partial charge is 0.493 e. The van der Waals surface area contributed by atoms with E-state index in [-0.39, 0.29) is 5.82 Å². The Hall–Kier alpha value is -1.09. The van der Waals surface area contributed by atoms with E-state index in [2.05, 4.69) is 0 Å². The molecular weight excluding hydrogens is 183 g/mol. The van der Waals surface area contributed by atoms with Gasteiger partial charge in [-0.25, -0.2) is 4.39 Å². The zero-order chi connectivity index (χ0) is 10.1. The van der Waals surface area contributed by atoms with Crippen LogP contribution in [0.25, 0.3) is 0 Å². The van der Waals surface area contributed by atoms with Gasteiger partial charge in [0.25, 0.3) is 0 Å². The van der Waals surface area contributed by atoms with Gasteiger partial charge in [-0.1, -0.05) is 6.07 Å². The number of benzene rings is 1. The minimum Gasteiger partial charge on any atom is -0.493 e. The summed E-state index contributed by atoms with van der Waals surface area (Å²) in [6.45, 7) is 2.41. The summed E-state index contributed by atoms with van der Waals surface area (Å²) in [7, 11) is 0. The zero-order valence-corrected chi connectivity index (χ0v) is 8.09. The molecule has 0 bridgehead atoms. The summed E-state index contributed by atoms with van der Waals surface area (Å²) in [5.74, 6) is 0.148. The number of fused-ring (bicyclic) bond motifs is 1. The summed E-state index contributed by atoms with van der Waals surface area (Å²) in [5, 5.41) is 9.73. The third kappa shape index (κ3) is 1.48. The number of aliphatic hydroxyl groups excluding tert-OH is 1. The molecule has 76 valence electrons. The lowest BCUT2D eigenvalue weighted by molar-refractivity contribution is 0.163. The predicted octanol–water partition coefficient (Wildman–Crippen LogP) is 2.34. The minimum absolute atomic E-state index is 0.322. The van der Waals surface area contributed by atoms with Crippen LogP contribution in [0.1, 0.15) is 30.1 Å². The standard InChI is InChI=1S/C11H13FO2/c1-7-4-5-8(12)10-9(13)3-2-6-14-11(7)10/h4-5,9,13H,2-3,6H2,1H3. The van der Waals surface area contributed by atoms with Gasteiger partial charge in [0.05, 0.1) is 18.3 Å². The number of rotatable bonds is 0. The molecule has 3 heteroatoms. The van der Waals surface area contributed by atoms with Crippen molar-refractivity contribution in [2.24, 2.45) is 0 Å². The van der Waals surface area contributed by atoms with Crippen molar-refractivity contribution >= 4 is 0 Å². The Labute approximate surface area is 82.3 Å². The smallest absolute Gasteiger partial charge is 0.132 e. The van der Waals surface area contributed by atoms with Crippen LogP contribution in [0.15, 0.2) is 12.1 Å². The van der Waals surface area contributed by atoms with Crippen molar-refractivity contribution in [3.63, 3.8) is 0 Å². The molecule has 0 spiro atoms. The molecule has 1 atom stereocenters. The van der Waals surface area contributed by atoms with Gasteiger partial charge in [-0.3, -0.25) is 0 Å². The maximum absolute atomic E-state index is 13.4. The lowest BCUT2D eigenvalue weighted by atomic mass is 10.0. The Morgan fingerprint density at radius 2 is 2.29 bits per heavy atom. The molecule has 14 heavy (non-hydrogen) atoms. The first kappa shape index (κ1) is 9.46. The van der Waals surface area contributed by atoms with Crippen molar-refractivity contribution in [3.8, 4) is 5.75 Å². The van der Waals surface area contributed by atoms with Crippen molar-refractivity contribution in [1.29, 1.82) is 0 Å². The van der Waals surface area contributed by atoms with E-state index in [4.69, 9.17) is 4.74 Å². The summed E-state index contributed by atoms with van der Waals surface area (Å²) in [4.78, 5) is 0. The van der Waals surface area contributed by atoms with Gasteiger partial charge in [0, 0.05) is 0 Å². The molecule has 0 amide bonds. The van der Waals surface area contributed by atoms with Gasteiger partial charge in [-0.15, -0.1) is 0 Å². The van der Waals surface area contributed by atoms with Crippen molar-refractivity contribution in [2.45, 2.75) is 25.9 Å². The summed E-state index contributed by atoms with van der Waals surface area (Å²) in [5.41, 5.74) is 1.20. The average molecular weight is 196 g/mol. The van der Waals surface area contributed by atoms with E-state index >= 15 is 0 Å². The molecule has 0 fully saturated rings. The Balaban J connectivity index is 2.57. The number of aryl methyl sites for hydroxylation is 1. The highest BCUT2D eigenvalue weighted by Gasteiger charge is 2.22. The van der Waals surface area contributed by atoms with Crippen molar-refractivity contribution in [2.75, 3.05) is 6.61 Å². The number of ether oxygens (including phenoxy) is 1. The number of hydrogen-bond acceptors (Lipinski definition) is 2. The number of hydrogen-bond donors (Lipinski definition) is 1. The van der Waals surface area contributed by atoms with Crippen molar-refractivity contribution in [1.82, 2.24) is 0 Å². The van der Waals surface area contributed by atoms with Gasteiger partial charge < -0.3 is 9.84 Å². The second kappa shape index (κ2) is 3.58. The first-order valence-corrected chi connectivity index (χ1v) is 4.80. The quantitative estimate of drug-likeness (QED) is 0.690. The molecule has 1 aromatic carbocycles. The monoisotopic (exact) mass is 196 g/mol. The Bertz CT molecular complexity index is 349. The average Bonchev–Trinajstić information content (AvgIpc) is 2.35. The van der Waals surface area contributed by atoms with Crippen LogP contribution in [0.4, 0.5) is 4.39 Å². The van der Waals surface area contributed by atoms with Crippen LogP contribution >= 0.6 is 0 Å². The van der Waals surface area contributed by atoms with E-state index in [1.165, 1.54) is 6.07 Å². The van der Waals surface area contributed by atoms with Crippen LogP contribution in [-0.4, -0.2) is 11.7 Å². The fourth-order valence-corrected chi connectivity index (χ4v) is 1.78. The maximum atomic E-state index is 13.4. The van der Waals surface area contributed by atoms with Gasteiger partial charge >= 0.3 is 0 Å². The third-order valence-electron chi connectivity index (χ3n) is 2.54. The maximum Gasteiger partial charge on any atom is 0.132 e. The molecule has 1 aromatic rings. The fraction of sp³-hybridized carbons (Fsp3) is 0.455. The molecule has 1 aliphatic rings. The minimum atomic E-state index is -0.729.